The van der Waals surface area contributed by atoms with Crippen LogP contribution in [0.1, 0.15) is 27.7 Å². The molecule has 0 aromatic rings. The smallest absolute Gasteiger partial charge is 0.133 e. The number of carbonyl (C=O) groups excluding carboxylic acids is 1. The molecule has 14 heavy (non-hydrogen) atoms. The van der Waals surface area contributed by atoms with Gasteiger partial charge in [0.05, 0.1) is 0 Å². The van der Waals surface area contributed by atoms with Gasteiger partial charge in [0.2, 0.25) is 0 Å². The van der Waals surface area contributed by atoms with Crippen LogP contribution in [0.25, 0.3) is 0 Å². The molecule has 0 aromatic carbocycles. The molecule has 2 atom stereocenters. The van der Waals surface area contributed by atoms with Crippen LogP contribution in [0.5, 0.6) is 0 Å². The van der Waals surface area contributed by atoms with E-state index in [9.17, 15) is 4.79 Å². The van der Waals surface area contributed by atoms with Crippen LogP contribution >= 0.6 is 0 Å². The maximum absolute atomic E-state index is 11.2. The van der Waals surface area contributed by atoms with Gasteiger partial charge in [0.25, 0.3) is 0 Å². The van der Waals surface area contributed by atoms with Gasteiger partial charge in [-0.25, -0.2) is 0 Å². The van der Waals surface area contributed by atoms with Gasteiger partial charge >= 0.3 is 0 Å². The Morgan fingerprint density at radius 2 is 1.71 bits per heavy atom. The largest absolute Gasteiger partial charge is 0.300 e. The van der Waals surface area contributed by atoms with Gasteiger partial charge in [0.15, 0.2) is 0 Å². The lowest BCUT2D eigenvalue weighted by Crippen LogP contribution is -2.14. The Morgan fingerprint density at radius 3 is 2.14 bits per heavy atom. The number of ketones is 1. The molecule has 0 fully saturated rings. The van der Waals surface area contributed by atoms with E-state index in [4.69, 9.17) is 0 Å². The minimum Gasteiger partial charge on any atom is -0.300 e. The Kier molecular flexibility index (Phi) is 6.73. The molecule has 1 heteroatoms. The van der Waals surface area contributed by atoms with Crippen molar-refractivity contribution < 1.29 is 4.79 Å². The van der Waals surface area contributed by atoms with Crippen molar-refractivity contribution in [3.8, 4) is 0 Å². The van der Waals surface area contributed by atoms with Gasteiger partial charge in [-0.15, -0.1) is 0 Å². The minimum atomic E-state index is 0.0627. The van der Waals surface area contributed by atoms with E-state index >= 15 is 0 Å². The quantitative estimate of drug-likeness (QED) is 0.481. The third-order valence-corrected chi connectivity index (χ3v) is 2.27. The van der Waals surface area contributed by atoms with Crippen LogP contribution in [-0.2, 0) is 4.79 Å². The van der Waals surface area contributed by atoms with Crippen LogP contribution in [0.3, 0.4) is 0 Å². The highest BCUT2D eigenvalue weighted by atomic mass is 16.1. The second-order valence-electron chi connectivity index (χ2n) is 3.41. The lowest BCUT2D eigenvalue weighted by molar-refractivity contribution is -0.120. The van der Waals surface area contributed by atoms with Gasteiger partial charge in [-0.2, -0.15) is 0 Å². The van der Waals surface area contributed by atoms with Crippen molar-refractivity contribution >= 4 is 5.78 Å². The third kappa shape index (κ3) is 4.80. The zero-order chi connectivity index (χ0) is 11.0. The third-order valence-electron chi connectivity index (χ3n) is 2.27. The summed E-state index contributed by atoms with van der Waals surface area (Å²) in [5.41, 5.74) is 0. The Balaban J connectivity index is 4.51. The van der Waals surface area contributed by atoms with Crippen LogP contribution in [0.15, 0.2) is 36.5 Å². The van der Waals surface area contributed by atoms with Gasteiger partial charge in [-0.05, 0) is 20.8 Å². The van der Waals surface area contributed by atoms with Gasteiger partial charge in [0.1, 0.15) is 5.78 Å². The van der Waals surface area contributed by atoms with Crippen molar-refractivity contribution in [2.45, 2.75) is 27.7 Å². The van der Waals surface area contributed by atoms with E-state index in [1.165, 1.54) is 0 Å². The summed E-state index contributed by atoms with van der Waals surface area (Å²) >= 11 is 0. The number of hydrogen-bond acceptors (Lipinski definition) is 1. The Morgan fingerprint density at radius 1 is 1.07 bits per heavy atom. The molecule has 2 unspecified atom stereocenters. The van der Waals surface area contributed by atoms with Gasteiger partial charge in [0, 0.05) is 11.8 Å². The van der Waals surface area contributed by atoms with E-state index in [0.29, 0.717) is 0 Å². The van der Waals surface area contributed by atoms with E-state index in [1.807, 2.05) is 45.1 Å². The average molecular weight is 192 g/mol. The van der Waals surface area contributed by atoms with Crippen molar-refractivity contribution in [2.75, 3.05) is 0 Å². The highest BCUT2D eigenvalue weighted by Crippen LogP contribution is 2.16. The SMILES string of the molecule is C/C=C\C=C/C(/C=C/C)C(C)C(C)=O. The van der Waals surface area contributed by atoms with Crippen molar-refractivity contribution in [1.29, 1.82) is 0 Å². The first-order valence-corrected chi connectivity index (χ1v) is 5.06. The first-order valence-electron chi connectivity index (χ1n) is 5.06. The summed E-state index contributed by atoms with van der Waals surface area (Å²) in [6.45, 7) is 7.56. The fraction of sp³-hybridized carbons (Fsp3) is 0.462. The maximum Gasteiger partial charge on any atom is 0.133 e. The molecule has 0 spiro atoms. The van der Waals surface area contributed by atoms with E-state index in [-0.39, 0.29) is 17.6 Å². The lowest BCUT2D eigenvalue weighted by Gasteiger charge is -2.13. The summed E-state index contributed by atoms with van der Waals surface area (Å²) in [6, 6.07) is 0. The number of hydrogen-bond donors (Lipinski definition) is 0. The van der Waals surface area contributed by atoms with Gasteiger partial charge in [-0.3, -0.25) is 4.79 Å². The fourth-order valence-corrected chi connectivity index (χ4v) is 1.19. The predicted molar refractivity (Wildman–Crippen MR) is 62.1 cm³/mol. The first kappa shape index (κ1) is 12.9. The molecule has 0 aliphatic heterocycles. The summed E-state index contributed by atoms with van der Waals surface area (Å²) in [7, 11) is 0. The van der Waals surface area contributed by atoms with E-state index in [1.54, 1.807) is 6.92 Å². The number of allylic oxidation sites excluding steroid dienone is 6. The summed E-state index contributed by atoms with van der Waals surface area (Å²) in [4.78, 5) is 11.2. The Labute approximate surface area is 87.2 Å². The Bertz CT molecular complexity index is 246. The number of rotatable bonds is 5. The first-order chi connectivity index (χ1) is 6.63. The molecular formula is C13H20O. The molecule has 0 rings (SSSR count). The monoisotopic (exact) mass is 192 g/mol. The summed E-state index contributed by atoms with van der Waals surface area (Å²) in [6.07, 6.45) is 12.1. The molecular weight excluding hydrogens is 172 g/mol. The average Bonchev–Trinajstić information content (AvgIpc) is 2.15. The number of carbonyl (C=O) groups is 1. The van der Waals surface area contributed by atoms with Crippen LogP contribution in [-0.4, -0.2) is 5.78 Å². The Hall–Kier alpha value is -1.11. The molecule has 0 aliphatic carbocycles. The fourth-order valence-electron chi connectivity index (χ4n) is 1.19. The second-order valence-corrected chi connectivity index (χ2v) is 3.41. The standard InChI is InChI=1S/C13H20O/c1-5-7-8-10-13(9-6-2)11(3)12(4)14/h5-11,13H,1-4H3/b7-5-,9-6+,10-8-. The summed E-state index contributed by atoms with van der Waals surface area (Å²) in [5, 5.41) is 0. The topological polar surface area (TPSA) is 17.1 Å². The van der Waals surface area contributed by atoms with Gasteiger partial charge in [-0.1, -0.05) is 43.4 Å². The molecule has 1 nitrogen and oxygen atoms in total. The molecule has 0 saturated carbocycles. The van der Waals surface area contributed by atoms with Crippen LogP contribution in [0, 0.1) is 11.8 Å². The summed E-state index contributed by atoms with van der Waals surface area (Å²) < 4.78 is 0. The molecule has 0 aliphatic rings. The molecule has 0 bridgehead atoms. The van der Waals surface area contributed by atoms with Crippen molar-refractivity contribution in [1.82, 2.24) is 0 Å². The van der Waals surface area contributed by atoms with Crippen molar-refractivity contribution in [3.05, 3.63) is 36.5 Å². The highest BCUT2D eigenvalue weighted by Gasteiger charge is 2.14. The maximum atomic E-state index is 11.2. The zero-order valence-electron chi connectivity index (χ0n) is 9.53. The molecule has 0 amide bonds. The molecule has 0 saturated heterocycles. The minimum absolute atomic E-state index is 0.0627. The van der Waals surface area contributed by atoms with Gasteiger partial charge < -0.3 is 0 Å². The van der Waals surface area contributed by atoms with Crippen LogP contribution in [0.4, 0.5) is 0 Å². The lowest BCUT2D eigenvalue weighted by atomic mass is 9.90. The molecule has 0 aromatic heterocycles. The normalized spacial score (nSPS) is 16.9. The van der Waals surface area contributed by atoms with Crippen molar-refractivity contribution in [3.63, 3.8) is 0 Å². The summed E-state index contributed by atoms with van der Waals surface area (Å²) in [5.74, 6) is 0.514. The molecule has 0 N–H and O–H groups in total. The van der Waals surface area contributed by atoms with Crippen molar-refractivity contribution in [2.24, 2.45) is 11.8 Å². The predicted octanol–water partition coefficient (Wildman–Crippen LogP) is 3.54. The van der Waals surface area contributed by atoms with E-state index in [2.05, 4.69) is 12.2 Å². The number of Topliss-reactive ketones (excluding diaryl/α,β-unsaturated/α-hetero) is 1. The zero-order valence-corrected chi connectivity index (χ0v) is 9.53. The van der Waals surface area contributed by atoms with E-state index < -0.39 is 0 Å². The molecule has 78 valence electrons. The second kappa shape index (κ2) is 7.31. The highest BCUT2D eigenvalue weighted by molar-refractivity contribution is 5.78. The van der Waals surface area contributed by atoms with E-state index in [0.717, 1.165) is 0 Å². The molecule has 0 radical (unpaired) electrons. The van der Waals surface area contributed by atoms with Crippen LogP contribution in [0.2, 0.25) is 0 Å². The van der Waals surface area contributed by atoms with Crippen LogP contribution < -0.4 is 0 Å². The molecule has 0 heterocycles.